The van der Waals surface area contributed by atoms with Gasteiger partial charge in [0.1, 0.15) is 0 Å². The molecule has 3 unspecified atom stereocenters. The van der Waals surface area contributed by atoms with E-state index in [1.54, 1.807) is 0 Å². The molecule has 0 aromatic carbocycles. The second-order valence-electron chi connectivity index (χ2n) is 6.72. The zero-order valence-electron chi connectivity index (χ0n) is 12.3. The van der Waals surface area contributed by atoms with E-state index in [0.29, 0.717) is 18.0 Å². The Morgan fingerprint density at radius 1 is 1.42 bits per heavy atom. The zero-order chi connectivity index (χ0) is 13.4. The number of nitrogens with one attached hydrogen (secondary N) is 1. The Bertz CT molecular complexity index is 342. The highest BCUT2D eigenvalue weighted by Gasteiger charge is 2.39. The smallest absolute Gasteiger partial charge is 0.222 e. The normalized spacial score (nSPS) is 34.2. The third kappa shape index (κ3) is 3.11. The Kier molecular flexibility index (Phi) is 3.81. The summed E-state index contributed by atoms with van der Waals surface area (Å²) in [5.41, 5.74) is 0. The molecule has 0 spiro atoms. The molecule has 1 aliphatic carbocycles. The first kappa shape index (κ1) is 13.4. The molecule has 3 atom stereocenters. The van der Waals surface area contributed by atoms with Crippen LogP contribution in [0.15, 0.2) is 0 Å². The van der Waals surface area contributed by atoms with Gasteiger partial charge in [-0.3, -0.25) is 9.69 Å². The van der Waals surface area contributed by atoms with Gasteiger partial charge in [0.05, 0.1) is 0 Å². The first-order chi connectivity index (χ1) is 9.13. The van der Waals surface area contributed by atoms with E-state index in [4.69, 9.17) is 0 Å². The first-order valence-electron chi connectivity index (χ1n) is 7.93. The Labute approximate surface area is 116 Å². The maximum atomic E-state index is 11.6. The highest BCUT2D eigenvalue weighted by Crippen LogP contribution is 2.33. The predicted octanol–water partition coefficient (Wildman–Crippen LogP) is 1.21. The van der Waals surface area contributed by atoms with Gasteiger partial charge in [-0.1, -0.05) is 0 Å². The Balaban J connectivity index is 1.44. The molecular weight excluding hydrogens is 238 g/mol. The minimum Gasteiger partial charge on any atom is -0.341 e. The van der Waals surface area contributed by atoms with Crippen LogP contribution in [-0.4, -0.2) is 59.5 Å². The van der Waals surface area contributed by atoms with Crippen LogP contribution >= 0.6 is 0 Å². The van der Waals surface area contributed by atoms with E-state index >= 15 is 0 Å². The summed E-state index contributed by atoms with van der Waals surface area (Å²) in [6.07, 6.45) is 5.85. The molecule has 0 aromatic heterocycles. The lowest BCUT2D eigenvalue weighted by Crippen LogP contribution is -2.45. The lowest BCUT2D eigenvalue weighted by atomic mass is 10.1. The first-order valence-corrected chi connectivity index (χ1v) is 7.93. The molecule has 19 heavy (non-hydrogen) atoms. The topological polar surface area (TPSA) is 35.6 Å². The van der Waals surface area contributed by atoms with Gasteiger partial charge in [0.15, 0.2) is 0 Å². The van der Waals surface area contributed by atoms with E-state index in [0.717, 1.165) is 38.0 Å². The molecule has 4 heteroatoms. The number of hydrogen-bond donors (Lipinski definition) is 1. The SMILES string of the molecule is CC(CN1CCCC1=O)NC1CC(C)N(C2CC2)C1. The molecule has 2 saturated heterocycles. The molecule has 108 valence electrons. The molecule has 1 N–H and O–H groups in total. The molecule has 0 aromatic rings. The van der Waals surface area contributed by atoms with Crippen LogP contribution in [0.25, 0.3) is 0 Å². The third-order valence-corrected chi connectivity index (χ3v) is 4.82. The molecule has 1 amide bonds. The molecule has 4 nitrogen and oxygen atoms in total. The van der Waals surface area contributed by atoms with Crippen LogP contribution in [0, 0.1) is 0 Å². The van der Waals surface area contributed by atoms with Gasteiger partial charge in [-0.2, -0.15) is 0 Å². The molecule has 3 rings (SSSR count). The van der Waals surface area contributed by atoms with Crippen molar-refractivity contribution < 1.29 is 4.79 Å². The summed E-state index contributed by atoms with van der Waals surface area (Å²) in [6.45, 7) is 7.61. The van der Waals surface area contributed by atoms with Crippen LogP contribution in [0.5, 0.6) is 0 Å². The average molecular weight is 265 g/mol. The fourth-order valence-electron chi connectivity index (χ4n) is 3.77. The standard InChI is InChI=1S/C15H27N3O/c1-11(9-17-7-3-4-15(17)19)16-13-8-12(2)18(10-13)14-5-6-14/h11-14,16H,3-10H2,1-2H3. The van der Waals surface area contributed by atoms with Crippen molar-refractivity contribution in [3.8, 4) is 0 Å². The molecule has 3 aliphatic rings. The van der Waals surface area contributed by atoms with Crippen molar-refractivity contribution in [3.63, 3.8) is 0 Å². The highest BCUT2D eigenvalue weighted by atomic mass is 16.2. The van der Waals surface area contributed by atoms with Gasteiger partial charge in [0.25, 0.3) is 0 Å². The van der Waals surface area contributed by atoms with Crippen molar-refractivity contribution in [2.45, 2.75) is 70.1 Å². The maximum absolute atomic E-state index is 11.6. The summed E-state index contributed by atoms with van der Waals surface area (Å²) < 4.78 is 0. The second-order valence-corrected chi connectivity index (χ2v) is 6.72. The molecular formula is C15H27N3O. The van der Waals surface area contributed by atoms with E-state index in [-0.39, 0.29) is 0 Å². The van der Waals surface area contributed by atoms with Crippen LogP contribution in [0.1, 0.15) is 46.0 Å². The Morgan fingerprint density at radius 3 is 2.84 bits per heavy atom. The molecule has 2 heterocycles. The van der Waals surface area contributed by atoms with E-state index in [1.807, 2.05) is 4.90 Å². The number of hydrogen-bond acceptors (Lipinski definition) is 3. The summed E-state index contributed by atoms with van der Waals surface area (Å²) in [7, 11) is 0. The molecule has 3 fully saturated rings. The largest absolute Gasteiger partial charge is 0.341 e. The fourth-order valence-corrected chi connectivity index (χ4v) is 3.77. The molecule has 1 saturated carbocycles. The van der Waals surface area contributed by atoms with Crippen molar-refractivity contribution in [1.82, 2.24) is 15.1 Å². The quantitative estimate of drug-likeness (QED) is 0.811. The Morgan fingerprint density at radius 2 is 2.21 bits per heavy atom. The van der Waals surface area contributed by atoms with Crippen molar-refractivity contribution >= 4 is 5.91 Å². The van der Waals surface area contributed by atoms with Gasteiger partial charge in [-0.15, -0.1) is 0 Å². The van der Waals surface area contributed by atoms with Crippen LogP contribution in [0.2, 0.25) is 0 Å². The number of carbonyl (C=O) groups excluding carboxylic acids is 1. The number of amides is 1. The van der Waals surface area contributed by atoms with Gasteiger partial charge >= 0.3 is 0 Å². The van der Waals surface area contributed by atoms with Gasteiger partial charge in [0.2, 0.25) is 5.91 Å². The third-order valence-electron chi connectivity index (χ3n) is 4.82. The van der Waals surface area contributed by atoms with Crippen LogP contribution in [0.3, 0.4) is 0 Å². The van der Waals surface area contributed by atoms with E-state index in [1.165, 1.54) is 25.8 Å². The van der Waals surface area contributed by atoms with Gasteiger partial charge in [0, 0.05) is 50.2 Å². The lowest BCUT2D eigenvalue weighted by molar-refractivity contribution is -0.127. The van der Waals surface area contributed by atoms with Crippen LogP contribution in [0.4, 0.5) is 0 Å². The highest BCUT2D eigenvalue weighted by molar-refractivity contribution is 5.78. The van der Waals surface area contributed by atoms with Gasteiger partial charge in [-0.05, 0) is 39.5 Å². The van der Waals surface area contributed by atoms with Gasteiger partial charge in [-0.25, -0.2) is 0 Å². The monoisotopic (exact) mass is 265 g/mol. The minimum absolute atomic E-state index is 0.341. The van der Waals surface area contributed by atoms with E-state index in [9.17, 15) is 4.79 Å². The van der Waals surface area contributed by atoms with E-state index < -0.39 is 0 Å². The van der Waals surface area contributed by atoms with Crippen molar-refractivity contribution in [2.24, 2.45) is 0 Å². The number of likely N-dealkylation sites (tertiary alicyclic amines) is 2. The minimum atomic E-state index is 0.341. The van der Waals surface area contributed by atoms with Crippen molar-refractivity contribution in [3.05, 3.63) is 0 Å². The maximum Gasteiger partial charge on any atom is 0.222 e. The fraction of sp³-hybridized carbons (Fsp3) is 0.933. The van der Waals surface area contributed by atoms with E-state index in [2.05, 4.69) is 24.1 Å². The second kappa shape index (κ2) is 5.41. The summed E-state index contributed by atoms with van der Waals surface area (Å²) >= 11 is 0. The number of carbonyl (C=O) groups is 1. The van der Waals surface area contributed by atoms with Crippen molar-refractivity contribution in [2.75, 3.05) is 19.6 Å². The molecule has 0 radical (unpaired) electrons. The Hall–Kier alpha value is -0.610. The van der Waals surface area contributed by atoms with Crippen molar-refractivity contribution in [1.29, 1.82) is 0 Å². The average Bonchev–Trinajstić information content (AvgIpc) is 3.03. The summed E-state index contributed by atoms with van der Waals surface area (Å²) in [5, 5.41) is 3.73. The lowest BCUT2D eigenvalue weighted by Gasteiger charge is -2.25. The van der Waals surface area contributed by atoms with Crippen LogP contribution in [-0.2, 0) is 4.79 Å². The summed E-state index contributed by atoms with van der Waals surface area (Å²) in [4.78, 5) is 16.3. The summed E-state index contributed by atoms with van der Waals surface area (Å²) in [6, 6.07) is 2.63. The molecule has 2 aliphatic heterocycles. The zero-order valence-corrected chi connectivity index (χ0v) is 12.3. The molecule has 0 bridgehead atoms. The summed E-state index contributed by atoms with van der Waals surface area (Å²) in [5.74, 6) is 0.341. The predicted molar refractivity (Wildman–Crippen MR) is 76.0 cm³/mol. The number of nitrogens with zero attached hydrogens (tertiary/aromatic N) is 2. The number of rotatable bonds is 5. The van der Waals surface area contributed by atoms with Crippen LogP contribution < -0.4 is 5.32 Å². The van der Waals surface area contributed by atoms with Gasteiger partial charge < -0.3 is 10.2 Å².